The number of hydrogen-bond acceptors (Lipinski definition) is 2. The standard InChI is InChI=1S/C11H12F3NO2S/c1-7(10(15)16)6-8-2-4-9(5-3-8)18(17)11(12,13)14/h2-5,7H,6H2,1H3,(H2,15,16). The minimum absolute atomic E-state index is 0.307. The van der Waals surface area contributed by atoms with E-state index in [1.54, 1.807) is 6.92 Å². The average molecular weight is 279 g/mol. The molecule has 0 spiro atoms. The van der Waals surface area contributed by atoms with Crippen LogP contribution in [0, 0.1) is 5.92 Å². The molecule has 100 valence electrons. The molecule has 18 heavy (non-hydrogen) atoms. The second kappa shape index (κ2) is 5.51. The second-order valence-electron chi connectivity index (χ2n) is 3.87. The topological polar surface area (TPSA) is 60.2 Å². The molecular formula is C11H12F3NO2S. The minimum atomic E-state index is -4.76. The molecule has 1 amide bonds. The number of carbonyl (C=O) groups is 1. The molecule has 0 aliphatic heterocycles. The minimum Gasteiger partial charge on any atom is -0.369 e. The maximum atomic E-state index is 12.2. The van der Waals surface area contributed by atoms with Gasteiger partial charge in [-0.1, -0.05) is 19.1 Å². The molecule has 0 saturated heterocycles. The molecule has 1 aromatic rings. The summed E-state index contributed by atoms with van der Waals surface area (Å²) < 4.78 is 47.6. The number of benzene rings is 1. The summed E-state index contributed by atoms with van der Waals surface area (Å²) >= 11 is 0. The summed E-state index contributed by atoms with van der Waals surface area (Å²) in [4.78, 5) is 10.5. The summed E-state index contributed by atoms with van der Waals surface area (Å²) in [6.45, 7) is 1.63. The number of hydrogen-bond donors (Lipinski definition) is 1. The maximum absolute atomic E-state index is 12.2. The van der Waals surface area contributed by atoms with E-state index in [1.165, 1.54) is 12.1 Å². The molecule has 3 nitrogen and oxygen atoms in total. The molecule has 0 aliphatic rings. The van der Waals surface area contributed by atoms with Gasteiger partial charge in [0, 0.05) is 10.8 Å². The summed E-state index contributed by atoms with van der Waals surface area (Å²) in [5.74, 6) is -0.873. The van der Waals surface area contributed by atoms with E-state index in [0.29, 0.717) is 12.0 Å². The maximum Gasteiger partial charge on any atom is 0.475 e. The molecule has 0 radical (unpaired) electrons. The Morgan fingerprint density at radius 1 is 1.33 bits per heavy atom. The Labute approximate surface area is 105 Å². The third kappa shape index (κ3) is 3.83. The molecule has 2 atom stereocenters. The Kier molecular flexibility index (Phi) is 4.50. The van der Waals surface area contributed by atoms with Gasteiger partial charge < -0.3 is 5.73 Å². The summed E-state index contributed by atoms with van der Waals surface area (Å²) in [5, 5.41) is 0. The molecule has 0 aliphatic carbocycles. The lowest BCUT2D eigenvalue weighted by Gasteiger charge is -2.09. The quantitative estimate of drug-likeness (QED) is 0.916. The summed E-state index contributed by atoms with van der Waals surface area (Å²) in [6.07, 6.45) is 0.342. The lowest BCUT2D eigenvalue weighted by atomic mass is 10.0. The van der Waals surface area contributed by atoms with Crippen molar-refractivity contribution >= 4 is 16.7 Å². The van der Waals surface area contributed by atoms with Crippen molar-refractivity contribution in [2.24, 2.45) is 11.7 Å². The van der Waals surface area contributed by atoms with Crippen LogP contribution < -0.4 is 5.73 Å². The van der Waals surface area contributed by atoms with Gasteiger partial charge in [0.25, 0.3) is 0 Å². The smallest absolute Gasteiger partial charge is 0.369 e. The van der Waals surface area contributed by atoms with Crippen LogP contribution in [0.5, 0.6) is 0 Å². The van der Waals surface area contributed by atoms with Gasteiger partial charge >= 0.3 is 5.51 Å². The largest absolute Gasteiger partial charge is 0.475 e. The van der Waals surface area contributed by atoms with Crippen LogP contribution in [0.3, 0.4) is 0 Å². The molecule has 2 N–H and O–H groups in total. The van der Waals surface area contributed by atoms with Gasteiger partial charge in [-0.05, 0) is 24.1 Å². The van der Waals surface area contributed by atoms with Crippen molar-refractivity contribution in [2.75, 3.05) is 0 Å². The van der Waals surface area contributed by atoms with E-state index >= 15 is 0 Å². The number of carbonyl (C=O) groups excluding carboxylic acids is 1. The highest BCUT2D eigenvalue weighted by atomic mass is 32.2. The van der Waals surface area contributed by atoms with E-state index in [0.717, 1.165) is 12.1 Å². The van der Waals surface area contributed by atoms with Crippen LogP contribution in [0.2, 0.25) is 0 Å². The van der Waals surface area contributed by atoms with Crippen molar-refractivity contribution in [3.63, 3.8) is 0 Å². The Hall–Kier alpha value is -1.37. The monoisotopic (exact) mass is 279 g/mol. The van der Waals surface area contributed by atoms with Crippen molar-refractivity contribution in [2.45, 2.75) is 23.7 Å². The third-order valence-corrected chi connectivity index (χ3v) is 3.50. The van der Waals surface area contributed by atoms with Crippen molar-refractivity contribution in [3.8, 4) is 0 Å². The van der Waals surface area contributed by atoms with Crippen molar-refractivity contribution in [1.29, 1.82) is 0 Å². The van der Waals surface area contributed by atoms with Gasteiger partial charge in [0.2, 0.25) is 5.91 Å². The normalized spacial score (nSPS) is 15.1. The molecule has 0 bridgehead atoms. The van der Waals surface area contributed by atoms with Gasteiger partial charge in [-0.2, -0.15) is 13.2 Å². The van der Waals surface area contributed by atoms with E-state index in [1.807, 2.05) is 0 Å². The summed E-state index contributed by atoms with van der Waals surface area (Å²) in [6, 6.07) is 5.12. The molecule has 1 rings (SSSR count). The Morgan fingerprint density at radius 3 is 2.22 bits per heavy atom. The van der Waals surface area contributed by atoms with Crippen LogP contribution in [0.15, 0.2) is 29.2 Å². The van der Waals surface area contributed by atoms with E-state index in [9.17, 15) is 22.2 Å². The van der Waals surface area contributed by atoms with Crippen molar-refractivity contribution in [1.82, 2.24) is 0 Å². The van der Waals surface area contributed by atoms with Gasteiger partial charge in [0.05, 0.1) is 0 Å². The lowest BCUT2D eigenvalue weighted by Crippen LogP contribution is -2.22. The zero-order valence-electron chi connectivity index (χ0n) is 9.53. The molecular weight excluding hydrogens is 267 g/mol. The fraction of sp³-hybridized carbons (Fsp3) is 0.364. The van der Waals surface area contributed by atoms with Crippen LogP contribution in [0.25, 0.3) is 0 Å². The fourth-order valence-electron chi connectivity index (χ4n) is 1.34. The van der Waals surface area contributed by atoms with Gasteiger partial charge in [0.1, 0.15) is 0 Å². The first-order valence-electron chi connectivity index (χ1n) is 5.08. The highest BCUT2D eigenvalue weighted by molar-refractivity contribution is 7.86. The second-order valence-corrected chi connectivity index (χ2v) is 5.34. The zero-order chi connectivity index (χ0) is 13.9. The number of rotatable bonds is 4. The number of nitrogens with two attached hydrogens (primary N) is 1. The molecule has 1 aromatic carbocycles. The van der Waals surface area contributed by atoms with Crippen molar-refractivity contribution in [3.05, 3.63) is 29.8 Å². The van der Waals surface area contributed by atoms with Gasteiger partial charge in [-0.3, -0.25) is 4.79 Å². The van der Waals surface area contributed by atoms with Crippen LogP contribution in [0.1, 0.15) is 12.5 Å². The van der Waals surface area contributed by atoms with E-state index < -0.39 is 28.1 Å². The molecule has 0 fully saturated rings. The van der Waals surface area contributed by atoms with Crippen LogP contribution in [-0.2, 0) is 22.0 Å². The first kappa shape index (κ1) is 14.7. The zero-order valence-corrected chi connectivity index (χ0v) is 10.3. The molecule has 7 heteroatoms. The Morgan fingerprint density at radius 2 is 1.83 bits per heavy atom. The Bertz CT molecular complexity index is 456. The van der Waals surface area contributed by atoms with Crippen LogP contribution in [-0.4, -0.2) is 15.6 Å². The number of primary amides is 1. The Balaban J connectivity index is 2.81. The van der Waals surface area contributed by atoms with E-state index in [4.69, 9.17) is 5.73 Å². The summed E-state index contributed by atoms with van der Waals surface area (Å²) in [5.41, 5.74) is 0.991. The number of alkyl halides is 3. The van der Waals surface area contributed by atoms with Gasteiger partial charge in [-0.25, -0.2) is 4.21 Å². The summed E-state index contributed by atoms with van der Waals surface area (Å²) in [7, 11) is -3.02. The average Bonchev–Trinajstić information content (AvgIpc) is 2.27. The van der Waals surface area contributed by atoms with E-state index in [2.05, 4.69) is 0 Å². The molecule has 0 saturated carbocycles. The highest BCUT2D eigenvalue weighted by Gasteiger charge is 2.37. The van der Waals surface area contributed by atoms with Gasteiger partial charge in [-0.15, -0.1) is 0 Å². The van der Waals surface area contributed by atoms with Crippen LogP contribution in [0.4, 0.5) is 13.2 Å². The first-order valence-corrected chi connectivity index (χ1v) is 6.23. The highest BCUT2D eigenvalue weighted by Crippen LogP contribution is 2.26. The fourth-order valence-corrected chi connectivity index (χ4v) is 1.99. The third-order valence-electron chi connectivity index (χ3n) is 2.38. The molecule has 0 heterocycles. The van der Waals surface area contributed by atoms with Gasteiger partial charge in [0.15, 0.2) is 10.8 Å². The lowest BCUT2D eigenvalue weighted by molar-refractivity contribution is -0.121. The first-order chi connectivity index (χ1) is 8.21. The predicted octanol–water partition coefficient (Wildman–Crippen LogP) is 1.98. The molecule has 2 unspecified atom stereocenters. The molecule has 0 aromatic heterocycles. The SMILES string of the molecule is CC(Cc1ccc(S(=O)C(F)(F)F)cc1)C(N)=O. The van der Waals surface area contributed by atoms with E-state index in [-0.39, 0.29) is 4.90 Å². The van der Waals surface area contributed by atoms with Crippen LogP contribution >= 0.6 is 0 Å². The predicted molar refractivity (Wildman–Crippen MR) is 61.0 cm³/mol. The van der Waals surface area contributed by atoms with Crippen molar-refractivity contribution < 1.29 is 22.2 Å². The number of halogens is 3. The number of amides is 1.